The van der Waals surface area contributed by atoms with Crippen LogP contribution in [0, 0.1) is 0 Å². The van der Waals surface area contributed by atoms with Gasteiger partial charge in [-0.1, -0.05) is 26.7 Å². The average molecular weight is 326 g/mol. The molecule has 1 aromatic rings. The van der Waals surface area contributed by atoms with E-state index < -0.39 is 0 Å². The molecule has 0 aromatic carbocycles. The van der Waals surface area contributed by atoms with Gasteiger partial charge in [0, 0.05) is 25.1 Å². The summed E-state index contributed by atoms with van der Waals surface area (Å²) >= 11 is 3.54. The Morgan fingerprint density at radius 3 is 2.32 bits per heavy atom. The topological polar surface area (TPSA) is 29.0 Å². The Kier molecular flexibility index (Phi) is 5.61. The molecule has 0 spiro atoms. The first-order valence-corrected chi connectivity index (χ1v) is 8.33. The normalized spacial score (nSPS) is 14.7. The summed E-state index contributed by atoms with van der Waals surface area (Å²) < 4.78 is 0.928. The van der Waals surface area contributed by atoms with Crippen LogP contribution in [0.15, 0.2) is 10.7 Å². The van der Waals surface area contributed by atoms with E-state index >= 15 is 0 Å². The van der Waals surface area contributed by atoms with Crippen molar-refractivity contribution < 1.29 is 0 Å². The monoisotopic (exact) mass is 325 g/mol. The van der Waals surface area contributed by atoms with Gasteiger partial charge in [0.2, 0.25) is 0 Å². The lowest BCUT2D eigenvalue weighted by Gasteiger charge is -2.24. The number of nitrogens with zero attached hydrogens (tertiary/aromatic N) is 3. The van der Waals surface area contributed by atoms with Crippen LogP contribution in [0.2, 0.25) is 0 Å². The summed E-state index contributed by atoms with van der Waals surface area (Å²) in [4.78, 5) is 11.7. The molecule has 0 amide bonds. The molecule has 1 saturated carbocycles. The van der Waals surface area contributed by atoms with Crippen LogP contribution in [0.1, 0.15) is 64.1 Å². The lowest BCUT2D eigenvalue weighted by molar-refractivity contribution is 0.667. The number of unbranched alkanes of at least 4 members (excludes halogenated alkanes) is 2. The molecule has 0 bridgehead atoms. The van der Waals surface area contributed by atoms with Crippen LogP contribution in [0.3, 0.4) is 0 Å². The van der Waals surface area contributed by atoms with Gasteiger partial charge in [-0.25, -0.2) is 9.97 Å². The van der Waals surface area contributed by atoms with Crippen LogP contribution in [-0.2, 0) is 0 Å². The van der Waals surface area contributed by atoms with E-state index in [-0.39, 0.29) is 0 Å². The molecule has 2 rings (SSSR count). The van der Waals surface area contributed by atoms with E-state index in [4.69, 9.17) is 4.98 Å². The Hall–Kier alpha value is -0.640. The van der Waals surface area contributed by atoms with Crippen LogP contribution in [-0.4, -0.2) is 23.1 Å². The SMILES string of the molecule is CCCCN(CCCC)c1cc(Br)nc(C2CC2)n1. The van der Waals surface area contributed by atoms with Crippen LogP contribution >= 0.6 is 15.9 Å². The summed E-state index contributed by atoms with van der Waals surface area (Å²) in [6, 6.07) is 2.07. The maximum atomic E-state index is 4.79. The Morgan fingerprint density at radius 2 is 1.79 bits per heavy atom. The van der Waals surface area contributed by atoms with Crippen molar-refractivity contribution >= 4 is 21.7 Å². The highest BCUT2D eigenvalue weighted by molar-refractivity contribution is 9.10. The van der Waals surface area contributed by atoms with E-state index in [0.717, 1.165) is 29.3 Å². The molecule has 0 N–H and O–H groups in total. The number of aromatic nitrogens is 2. The molecule has 1 aromatic heterocycles. The Bertz CT molecular complexity index is 396. The van der Waals surface area contributed by atoms with Crippen molar-refractivity contribution in [2.24, 2.45) is 0 Å². The fraction of sp³-hybridized carbons (Fsp3) is 0.733. The lowest BCUT2D eigenvalue weighted by atomic mass is 10.2. The van der Waals surface area contributed by atoms with Gasteiger partial charge in [0.25, 0.3) is 0 Å². The van der Waals surface area contributed by atoms with Gasteiger partial charge in [-0.3, -0.25) is 0 Å². The minimum absolute atomic E-state index is 0.607. The fourth-order valence-electron chi connectivity index (χ4n) is 2.15. The van der Waals surface area contributed by atoms with E-state index in [2.05, 4.69) is 45.7 Å². The lowest BCUT2D eigenvalue weighted by Crippen LogP contribution is -2.27. The first-order chi connectivity index (χ1) is 9.24. The molecule has 0 atom stereocenters. The highest BCUT2D eigenvalue weighted by Gasteiger charge is 2.27. The third kappa shape index (κ3) is 4.44. The van der Waals surface area contributed by atoms with Gasteiger partial charge in [0.15, 0.2) is 0 Å². The minimum Gasteiger partial charge on any atom is -0.356 e. The minimum atomic E-state index is 0.607. The summed E-state index contributed by atoms with van der Waals surface area (Å²) in [5.74, 6) is 2.74. The Labute approximate surface area is 125 Å². The second kappa shape index (κ2) is 7.22. The molecule has 1 aliphatic rings. The maximum Gasteiger partial charge on any atom is 0.135 e. The van der Waals surface area contributed by atoms with Crippen LogP contribution < -0.4 is 4.90 Å². The van der Waals surface area contributed by atoms with Gasteiger partial charge < -0.3 is 4.90 Å². The summed E-state index contributed by atoms with van der Waals surface area (Å²) in [6.45, 7) is 6.68. The molecule has 1 heterocycles. The van der Waals surface area contributed by atoms with Gasteiger partial charge in [-0.15, -0.1) is 0 Å². The Morgan fingerprint density at radius 1 is 1.16 bits per heavy atom. The molecule has 106 valence electrons. The fourth-order valence-corrected chi connectivity index (χ4v) is 2.53. The van der Waals surface area contributed by atoms with Crippen LogP contribution in [0.4, 0.5) is 5.82 Å². The Balaban J connectivity index is 2.13. The summed E-state index contributed by atoms with van der Waals surface area (Å²) in [5.41, 5.74) is 0. The van der Waals surface area contributed by atoms with Gasteiger partial charge in [0.1, 0.15) is 16.2 Å². The first-order valence-electron chi connectivity index (χ1n) is 7.54. The van der Waals surface area contributed by atoms with E-state index in [1.165, 1.54) is 38.5 Å². The molecule has 3 nitrogen and oxygen atoms in total. The van der Waals surface area contributed by atoms with Crippen molar-refractivity contribution in [1.82, 2.24) is 9.97 Å². The van der Waals surface area contributed by atoms with Gasteiger partial charge >= 0.3 is 0 Å². The van der Waals surface area contributed by atoms with Gasteiger partial charge in [-0.2, -0.15) is 0 Å². The van der Waals surface area contributed by atoms with Crippen molar-refractivity contribution in [3.8, 4) is 0 Å². The summed E-state index contributed by atoms with van der Waals surface area (Å²) in [6.07, 6.45) is 7.41. The maximum absolute atomic E-state index is 4.79. The number of anilines is 1. The molecule has 0 aliphatic heterocycles. The average Bonchev–Trinajstić information content (AvgIpc) is 3.22. The molecule has 19 heavy (non-hydrogen) atoms. The number of rotatable bonds is 8. The first kappa shape index (κ1) is 14.8. The number of halogens is 1. The molecule has 0 saturated heterocycles. The molecule has 0 radical (unpaired) electrons. The second-order valence-electron chi connectivity index (χ2n) is 5.38. The highest BCUT2D eigenvalue weighted by Crippen LogP contribution is 2.39. The summed E-state index contributed by atoms with van der Waals surface area (Å²) in [7, 11) is 0. The van der Waals surface area contributed by atoms with Crippen molar-refractivity contribution in [1.29, 1.82) is 0 Å². The second-order valence-corrected chi connectivity index (χ2v) is 6.19. The largest absolute Gasteiger partial charge is 0.356 e. The van der Waals surface area contributed by atoms with E-state index in [9.17, 15) is 0 Å². The predicted molar refractivity (Wildman–Crippen MR) is 83.7 cm³/mol. The quantitative estimate of drug-likeness (QED) is 0.658. The third-order valence-corrected chi connectivity index (χ3v) is 3.93. The zero-order valence-electron chi connectivity index (χ0n) is 12.0. The number of hydrogen-bond donors (Lipinski definition) is 0. The molecule has 1 fully saturated rings. The van der Waals surface area contributed by atoms with Gasteiger partial charge in [-0.05, 0) is 41.6 Å². The van der Waals surface area contributed by atoms with Gasteiger partial charge in [0.05, 0.1) is 0 Å². The van der Waals surface area contributed by atoms with E-state index in [1.807, 2.05) is 0 Å². The summed E-state index contributed by atoms with van der Waals surface area (Å²) in [5, 5.41) is 0. The van der Waals surface area contributed by atoms with Crippen molar-refractivity contribution in [2.75, 3.05) is 18.0 Å². The molecule has 1 aliphatic carbocycles. The zero-order chi connectivity index (χ0) is 13.7. The van der Waals surface area contributed by atoms with E-state index in [0.29, 0.717) is 5.92 Å². The highest BCUT2D eigenvalue weighted by atomic mass is 79.9. The molecular formula is C15H24BrN3. The van der Waals surface area contributed by atoms with Crippen molar-refractivity contribution in [3.05, 3.63) is 16.5 Å². The van der Waals surface area contributed by atoms with Crippen LogP contribution in [0.5, 0.6) is 0 Å². The smallest absolute Gasteiger partial charge is 0.135 e. The van der Waals surface area contributed by atoms with Crippen LogP contribution in [0.25, 0.3) is 0 Å². The van der Waals surface area contributed by atoms with Crippen molar-refractivity contribution in [2.45, 2.75) is 58.3 Å². The third-order valence-electron chi connectivity index (χ3n) is 3.53. The molecule has 4 heteroatoms. The number of hydrogen-bond acceptors (Lipinski definition) is 3. The zero-order valence-corrected chi connectivity index (χ0v) is 13.6. The standard InChI is InChI=1S/C15H24BrN3/c1-3-5-9-19(10-6-4-2)14-11-13(16)17-15(18-14)12-7-8-12/h11-12H,3-10H2,1-2H3. The van der Waals surface area contributed by atoms with E-state index in [1.54, 1.807) is 0 Å². The van der Waals surface area contributed by atoms with Crippen molar-refractivity contribution in [3.63, 3.8) is 0 Å². The molecule has 0 unspecified atom stereocenters. The predicted octanol–water partition coefficient (Wildman–Crippen LogP) is 4.52. The molecular weight excluding hydrogens is 302 g/mol.